The highest BCUT2D eigenvalue weighted by Gasteiger charge is 2.25. The lowest BCUT2D eigenvalue weighted by Gasteiger charge is -2.15. The molecule has 1 aromatic heterocycles. The summed E-state index contributed by atoms with van der Waals surface area (Å²) in [5, 5.41) is 28.7. The first-order chi connectivity index (χ1) is 10.1. The van der Waals surface area contributed by atoms with Gasteiger partial charge in [0.1, 0.15) is 0 Å². The molecule has 126 valence electrons. The van der Waals surface area contributed by atoms with Gasteiger partial charge < -0.3 is 26.4 Å². The lowest BCUT2D eigenvalue weighted by atomic mass is 10.1. The largest absolute Gasteiger partial charge is 0.396 e. The van der Waals surface area contributed by atoms with E-state index in [1.807, 2.05) is 0 Å². The van der Waals surface area contributed by atoms with E-state index in [2.05, 4.69) is 15.3 Å². The van der Waals surface area contributed by atoms with Crippen LogP contribution in [0, 0.1) is 12.8 Å². The molecule has 2 unspecified atom stereocenters. The maximum absolute atomic E-state index is 9.09. The number of hydrogen-bond donors (Lipinski definition) is 5. The van der Waals surface area contributed by atoms with Crippen molar-refractivity contribution in [1.82, 2.24) is 9.97 Å². The molecular formula is C14H25ClN4O3. The molecule has 0 aromatic carbocycles. The molecule has 0 saturated heterocycles. The molecule has 1 saturated carbocycles. The van der Waals surface area contributed by atoms with Gasteiger partial charge in [-0.15, -0.1) is 0 Å². The highest BCUT2D eigenvalue weighted by molar-refractivity contribution is 6.28. The first-order valence-corrected chi connectivity index (χ1v) is 7.59. The zero-order valence-corrected chi connectivity index (χ0v) is 13.9. The first-order valence-electron chi connectivity index (χ1n) is 7.22. The van der Waals surface area contributed by atoms with Gasteiger partial charge in [-0.3, -0.25) is 0 Å². The van der Waals surface area contributed by atoms with Crippen LogP contribution in [-0.4, -0.2) is 43.7 Å². The maximum Gasteiger partial charge on any atom is 0.224 e. The summed E-state index contributed by atoms with van der Waals surface area (Å²) < 4.78 is 0. The van der Waals surface area contributed by atoms with Crippen LogP contribution in [0.4, 0.5) is 11.5 Å². The van der Waals surface area contributed by atoms with Gasteiger partial charge in [0.15, 0.2) is 11.6 Å². The van der Waals surface area contributed by atoms with Crippen LogP contribution in [0.15, 0.2) is 0 Å². The molecular weight excluding hydrogens is 308 g/mol. The molecule has 0 spiro atoms. The SMILES string of the molecule is CC(C)(O)O.Cc1nc(Cl)nc(NC2CCC(CO)C2)c1N. The fourth-order valence-electron chi connectivity index (χ4n) is 2.22. The number of nitrogens with two attached hydrogens (primary N) is 1. The van der Waals surface area contributed by atoms with Crippen molar-refractivity contribution in [2.24, 2.45) is 5.92 Å². The van der Waals surface area contributed by atoms with Crippen LogP contribution >= 0.6 is 11.6 Å². The topological polar surface area (TPSA) is 125 Å². The predicted molar refractivity (Wildman–Crippen MR) is 86.5 cm³/mol. The van der Waals surface area contributed by atoms with E-state index in [9.17, 15) is 0 Å². The van der Waals surface area contributed by atoms with Gasteiger partial charge in [-0.1, -0.05) is 0 Å². The fourth-order valence-corrected chi connectivity index (χ4v) is 2.43. The average Bonchev–Trinajstić information content (AvgIpc) is 2.81. The van der Waals surface area contributed by atoms with Gasteiger partial charge in [0, 0.05) is 12.6 Å². The third-order valence-corrected chi connectivity index (χ3v) is 3.42. The van der Waals surface area contributed by atoms with E-state index >= 15 is 0 Å². The van der Waals surface area contributed by atoms with Gasteiger partial charge in [-0.2, -0.15) is 4.98 Å². The molecule has 8 heteroatoms. The summed E-state index contributed by atoms with van der Waals surface area (Å²) in [5.74, 6) is -0.516. The predicted octanol–water partition coefficient (Wildman–Crippen LogP) is 1.30. The Balaban J connectivity index is 0.000000422. The van der Waals surface area contributed by atoms with Gasteiger partial charge in [0.25, 0.3) is 0 Å². The third kappa shape index (κ3) is 6.74. The van der Waals surface area contributed by atoms with Gasteiger partial charge in [0.2, 0.25) is 5.28 Å². The number of nitrogens with one attached hydrogen (secondary N) is 1. The number of halogens is 1. The van der Waals surface area contributed by atoms with E-state index in [4.69, 9.17) is 32.7 Å². The maximum atomic E-state index is 9.09. The number of rotatable bonds is 3. The summed E-state index contributed by atoms with van der Waals surface area (Å²) in [6.45, 7) is 4.65. The Kier molecular flexibility index (Phi) is 6.80. The summed E-state index contributed by atoms with van der Waals surface area (Å²) in [5.41, 5.74) is 7.13. The zero-order valence-electron chi connectivity index (χ0n) is 13.2. The van der Waals surface area contributed by atoms with Crippen molar-refractivity contribution in [3.05, 3.63) is 11.0 Å². The quantitative estimate of drug-likeness (QED) is 0.417. The minimum atomic E-state index is -1.50. The molecule has 1 aliphatic carbocycles. The molecule has 1 heterocycles. The van der Waals surface area contributed by atoms with Crippen LogP contribution in [0.1, 0.15) is 38.8 Å². The number of nitrogens with zero attached hydrogens (tertiary/aromatic N) is 2. The number of aliphatic hydroxyl groups excluding tert-OH is 1. The van der Waals surface area contributed by atoms with Crippen molar-refractivity contribution < 1.29 is 15.3 Å². The molecule has 2 atom stereocenters. The Bertz CT molecular complexity index is 488. The summed E-state index contributed by atoms with van der Waals surface area (Å²) in [7, 11) is 0. The smallest absolute Gasteiger partial charge is 0.224 e. The van der Waals surface area contributed by atoms with Crippen molar-refractivity contribution in [1.29, 1.82) is 0 Å². The van der Waals surface area contributed by atoms with E-state index in [1.54, 1.807) is 6.92 Å². The summed E-state index contributed by atoms with van der Waals surface area (Å²) >= 11 is 5.81. The lowest BCUT2D eigenvalue weighted by Crippen LogP contribution is -2.19. The van der Waals surface area contributed by atoms with E-state index in [0.29, 0.717) is 29.2 Å². The van der Waals surface area contributed by atoms with Gasteiger partial charge >= 0.3 is 0 Å². The second-order valence-electron chi connectivity index (χ2n) is 6.04. The molecule has 2 rings (SSSR count). The van der Waals surface area contributed by atoms with Crippen LogP contribution in [0.2, 0.25) is 5.28 Å². The molecule has 0 amide bonds. The fraction of sp³-hybridized carbons (Fsp3) is 0.714. The minimum Gasteiger partial charge on any atom is -0.396 e. The number of hydrogen-bond acceptors (Lipinski definition) is 7. The zero-order chi connectivity index (χ0) is 16.9. The van der Waals surface area contributed by atoms with Crippen LogP contribution in [0.3, 0.4) is 0 Å². The minimum absolute atomic E-state index is 0.205. The van der Waals surface area contributed by atoms with E-state index in [-0.39, 0.29) is 11.9 Å². The molecule has 22 heavy (non-hydrogen) atoms. The number of aliphatic hydroxyl groups is 3. The van der Waals surface area contributed by atoms with Crippen LogP contribution in [0.5, 0.6) is 0 Å². The Labute approximate surface area is 135 Å². The van der Waals surface area contributed by atoms with Gasteiger partial charge in [-0.05, 0) is 57.6 Å². The van der Waals surface area contributed by atoms with Crippen molar-refractivity contribution in [3.8, 4) is 0 Å². The number of anilines is 2. The first kappa shape index (κ1) is 18.9. The number of aryl methyl sites for hydroxylation is 1. The van der Waals surface area contributed by atoms with Crippen molar-refractivity contribution in [3.63, 3.8) is 0 Å². The van der Waals surface area contributed by atoms with Crippen molar-refractivity contribution >= 4 is 23.1 Å². The Morgan fingerprint density at radius 3 is 2.41 bits per heavy atom. The summed E-state index contributed by atoms with van der Waals surface area (Å²) in [6.07, 6.45) is 2.99. The number of nitrogen functional groups attached to an aromatic ring is 1. The van der Waals surface area contributed by atoms with Crippen molar-refractivity contribution in [2.45, 2.75) is 51.9 Å². The average molecular weight is 333 g/mol. The molecule has 1 aromatic rings. The van der Waals surface area contributed by atoms with Crippen molar-refractivity contribution in [2.75, 3.05) is 17.7 Å². The molecule has 7 nitrogen and oxygen atoms in total. The molecule has 0 aliphatic heterocycles. The van der Waals surface area contributed by atoms with Crippen LogP contribution in [-0.2, 0) is 0 Å². The Morgan fingerprint density at radius 1 is 1.32 bits per heavy atom. The standard InChI is InChI=1S/C11H17ClN4O.C3H8O2/c1-6-9(13)10(16-11(12)14-6)15-8-3-2-7(4-8)5-17;1-3(2,4)5/h7-8,17H,2-5,13H2,1H3,(H,14,15,16);4-5H,1-2H3. The number of aromatic nitrogens is 2. The van der Waals surface area contributed by atoms with Crippen LogP contribution in [0.25, 0.3) is 0 Å². The lowest BCUT2D eigenvalue weighted by molar-refractivity contribution is -0.127. The Morgan fingerprint density at radius 2 is 1.91 bits per heavy atom. The Hall–Kier alpha value is -1.15. The van der Waals surface area contributed by atoms with E-state index in [1.165, 1.54) is 13.8 Å². The van der Waals surface area contributed by atoms with Crippen LogP contribution < -0.4 is 11.1 Å². The van der Waals surface area contributed by atoms with Gasteiger partial charge in [0.05, 0.1) is 11.4 Å². The normalized spacial score (nSPS) is 21.2. The van der Waals surface area contributed by atoms with E-state index < -0.39 is 5.79 Å². The second kappa shape index (κ2) is 7.92. The molecule has 0 radical (unpaired) electrons. The summed E-state index contributed by atoms with van der Waals surface area (Å²) in [4.78, 5) is 8.09. The van der Waals surface area contributed by atoms with E-state index in [0.717, 1.165) is 19.3 Å². The third-order valence-electron chi connectivity index (χ3n) is 3.25. The molecule has 6 N–H and O–H groups in total. The molecule has 1 aliphatic rings. The highest BCUT2D eigenvalue weighted by Crippen LogP contribution is 2.29. The molecule has 0 bridgehead atoms. The molecule has 1 fully saturated rings. The summed E-state index contributed by atoms with van der Waals surface area (Å²) in [6, 6.07) is 0.305. The second-order valence-corrected chi connectivity index (χ2v) is 6.38. The highest BCUT2D eigenvalue weighted by atomic mass is 35.5. The monoisotopic (exact) mass is 332 g/mol. The van der Waals surface area contributed by atoms with Gasteiger partial charge in [-0.25, -0.2) is 4.98 Å².